The number of aliphatic hydroxyl groups excluding tert-OH is 1. The zero-order valence-electron chi connectivity index (χ0n) is 11.7. The Morgan fingerprint density at radius 1 is 1.22 bits per heavy atom. The van der Waals surface area contributed by atoms with Crippen molar-refractivity contribution in [3.63, 3.8) is 0 Å². The van der Waals surface area contributed by atoms with Gasteiger partial charge in [0, 0.05) is 11.4 Å². The van der Waals surface area contributed by atoms with Gasteiger partial charge in [0.05, 0.1) is 16.6 Å². The maximum Gasteiger partial charge on any atom is 0.416 e. The molecule has 1 aromatic carbocycles. The molecule has 0 bridgehead atoms. The summed E-state index contributed by atoms with van der Waals surface area (Å²) in [6, 6.07) is 7.00. The molecule has 0 amide bonds. The van der Waals surface area contributed by atoms with Crippen LogP contribution in [0.1, 0.15) is 23.0 Å². The lowest BCUT2D eigenvalue weighted by Gasteiger charge is -2.12. The van der Waals surface area contributed by atoms with E-state index in [0.717, 1.165) is 18.2 Å². The first-order valence-electron chi connectivity index (χ1n) is 6.58. The Morgan fingerprint density at radius 3 is 2.57 bits per heavy atom. The molecule has 2 N–H and O–H groups in total. The van der Waals surface area contributed by atoms with Crippen LogP contribution in [0.15, 0.2) is 46.7 Å². The molecule has 0 fully saturated rings. The summed E-state index contributed by atoms with van der Waals surface area (Å²) in [6.45, 7) is -0.0857. The molecule has 0 saturated heterocycles. The number of halogens is 3. The number of nitrogens with one attached hydrogen (secondary N) is 1. The third kappa shape index (κ3) is 4.77. The molecule has 4 nitrogen and oxygen atoms in total. The van der Waals surface area contributed by atoms with Crippen LogP contribution in [-0.4, -0.2) is 20.1 Å². The van der Waals surface area contributed by atoms with Crippen LogP contribution in [0.4, 0.5) is 13.2 Å². The van der Waals surface area contributed by atoms with Crippen molar-refractivity contribution in [2.24, 2.45) is 0 Å². The molecule has 0 spiro atoms. The molecule has 1 heterocycles. The maximum atomic E-state index is 12.6. The van der Waals surface area contributed by atoms with Gasteiger partial charge in [-0.2, -0.15) is 13.2 Å². The highest BCUT2D eigenvalue weighted by Gasteiger charge is 2.31. The molecule has 1 aromatic heterocycles. The number of aliphatic hydroxyl groups is 1. The third-order valence-corrected chi connectivity index (χ3v) is 5.49. The van der Waals surface area contributed by atoms with Crippen LogP contribution in [0.3, 0.4) is 0 Å². The average molecular weight is 365 g/mol. The van der Waals surface area contributed by atoms with Crippen molar-refractivity contribution >= 4 is 21.4 Å². The van der Waals surface area contributed by atoms with E-state index in [0.29, 0.717) is 10.9 Å². The second-order valence-electron chi connectivity index (χ2n) is 4.74. The minimum absolute atomic E-state index is 0.0857. The number of thiophene rings is 1. The molecular formula is C14H14F3NO3S2. The fourth-order valence-corrected chi connectivity index (χ4v) is 3.72. The van der Waals surface area contributed by atoms with Gasteiger partial charge >= 0.3 is 6.18 Å². The summed E-state index contributed by atoms with van der Waals surface area (Å²) in [4.78, 5) is 0.237. The van der Waals surface area contributed by atoms with E-state index in [-0.39, 0.29) is 13.0 Å². The quantitative estimate of drug-likeness (QED) is 0.826. The zero-order chi connectivity index (χ0) is 17.1. The summed E-state index contributed by atoms with van der Waals surface area (Å²) < 4.78 is 64.1. The second-order valence-corrected chi connectivity index (χ2v) is 7.49. The van der Waals surface area contributed by atoms with Crippen molar-refractivity contribution in [2.75, 3.05) is 6.54 Å². The number of alkyl halides is 3. The molecule has 2 aromatic rings. The van der Waals surface area contributed by atoms with Crippen LogP contribution in [-0.2, 0) is 16.2 Å². The maximum absolute atomic E-state index is 12.6. The van der Waals surface area contributed by atoms with E-state index in [1.165, 1.54) is 11.3 Å². The van der Waals surface area contributed by atoms with Crippen LogP contribution in [0, 0.1) is 0 Å². The standard InChI is InChI=1S/C14H14F3NO3S2/c15-14(16,17)10-3-1-4-11(9-10)23(20,21)18-7-6-12(19)13-5-2-8-22-13/h1-5,8-9,12,18-19H,6-7H2/t12-/m1/s1. The van der Waals surface area contributed by atoms with Crippen molar-refractivity contribution in [1.29, 1.82) is 0 Å². The van der Waals surface area contributed by atoms with E-state index in [1.807, 2.05) is 0 Å². The van der Waals surface area contributed by atoms with Gasteiger partial charge in [-0.1, -0.05) is 12.1 Å². The Morgan fingerprint density at radius 2 is 1.96 bits per heavy atom. The lowest BCUT2D eigenvalue weighted by molar-refractivity contribution is -0.137. The fourth-order valence-electron chi connectivity index (χ4n) is 1.88. The molecule has 0 unspecified atom stereocenters. The first-order valence-corrected chi connectivity index (χ1v) is 8.95. The molecule has 2 rings (SSSR count). The lowest BCUT2D eigenvalue weighted by Crippen LogP contribution is -2.26. The number of hydrogen-bond donors (Lipinski definition) is 2. The zero-order valence-corrected chi connectivity index (χ0v) is 13.4. The highest BCUT2D eigenvalue weighted by atomic mass is 32.2. The number of rotatable bonds is 6. The molecule has 0 aliphatic carbocycles. The van der Waals surface area contributed by atoms with Crippen molar-refractivity contribution in [1.82, 2.24) is 4.72 Å². The Balaban J connectivity index is 2.02. The van der Waals surface area contributed by atoms with Gasteiger partial charge in [-0.05, 0) is 36.1 Å². The molecule has 126 valence electrons. The van der Waals surface area contributed by atoms with E-state index < -0.39 is 32.8 Å². The van der Waals surface area contributed by atoms with Crippen molar-refractivity contribution in [3.8, 4) is 0 Å². The molecule has 0 aliphatic rings. The van der Waals surface area contributed by atoms with E-state index in [4.69, 9.17) is 0 Å². The number of hydrogen-bond acceptors (Lipinski definition) is 4. The summed E-state index contributed by atoms with van der Waals surface area (Å²) in [5.41, 5.74) is -1.03. The SMILES string of the molecule is O=S(=O)(NCC[C@@H](O)c1cccs1)c1cccc(C(F)(F)F)c1. The predicted octanol–water partition coefficient (Wildman–Crippen LogP) is 3.17. The second kappa shape index (κ2) is 7.00. The van der Waals surface area contributed by atoms with E-state index in [2.05, 4.69) is 4.72 Å². The van der Waals surface area contributed by atoms with Crippen LogP contribution < -0.4 is 4.72 Å². The fraction of sp³-hybridized carbons (Fsp3) is 0.286. The third-order valence-electron chi connectivity index (χ3n) is 3.05. The van der Waals surface area contributed by atoms with Crippen LogP contribution in [0.5, 0.6) is 0 Å². The molecule has 1 atom stereocenters. The van der Waals surface area contributed by atoms with Crippen LogP contribution in [0.2, 0.25) is 0 Å². The minimum Gasteiger partial charge on any atom is -0.388 e. The van der Waals surface area contributed by atoms with Gasteiger partial charge in [-0.15, -0.1) is 11.3 Å². The Labute approximate surface area is 135 Å². The predicted molar refractivity (Wildman–Crippen MR) is 80.5 cm³/mol. The minimum atomic E-state index is -4.61. The van der Waals surface area contributed by atoms with Gasteiger partial charge < -0.3 is 5.11 Å². The van der Waals surface area contributed by atoms with Gasteiger partial charge in [-0.25, -0.2) is 13.1 Å². The van der Waals surface area contributed by atoms with Crippen molar-refractivity contribution in [3.05, 3.63) is 52.2 Å². The largest absolute Gasteiger partial charge is 0.416 e. The summed E-state index contributed by atoms with van der Waals surface area (Å²) in [6.07, 6.45) is -5.31. The van der Waals surface area contributed by atoms with Gasteiger partial charge in [-0.3, -0.25) is 0 Å². The van der Waals surface area contributed by atoms with E-state index in [9.17, 15) is 26.7 Å². The van der Waals surface area contributed by atoms with Gasteiger partial charge in [0.1, 0.15) is 0 Å². The van der Waals surface area contributed by atoms with Gasteiger partial charge in [0.25, 0.3) is 0 Å². The molecule has 23 heavy (non-hydrogen) atoms. The molecule has 0 radical (unpaired) electrons. The average Bonchev–Trinajstić information content (AvgIpc) is 3.00. The van der Waals surface area contributed by atoms with Gasteiger partial charge in [0.15, 0.2) is 0 Å². The Kier molecular flexibility index (Phi) is 5.45. The highest BCUT2D eigenvalue weighted by Crippen LogP contribution is 2.30. The highest BCUT2D eigenvalue weighted by molar-refractivity contribution is 7.89. The normalized spacial score (nSPS) is 13.9. The smallest absolute Gasteiger partial charge is 0.388 e. The summed E-state index contributed by atoms with van der Waals surface area (Å²) in [7, 11) is -4.07. The molecule has 0 saturated carbocycles. The summed E-state index contributed by atoms with van der Waals surface area (Å²) in [5, 5.41) is 11.6. The molecule has 9 heteroatoms. The lowest BCUT2D eigenvalue weighted by atomic mass is 10.2. The van der Waals surface area contributed by atoms with Crippen LogP contribution in [0.25, 0.3) is 0 Å². The first kappa shape index (κ1) is 17.9. The first-order chi connectivity index (χ1) is 10.7. The van der Waals surface area contributed by atoms with Gasteiger partial charge in [0.2, 0.25) is 10.0 Å². The monoisotopic (exact) mass is 365 g/mol. The van der Waals surface area contributed by atoms with Crippen molar-refractivity contribution < 1.29 is 26.7 Å². The van der Waals surface area contributed by atoms with Crippen LogP contribution >= 0.6 is 11.3 Å². The summed E-state index contributed by atoms with van der Waals surface area (Å²) in [5.74, 6) is 0. The Bertz CT molecular complexity index is 743. The molecular weight excluding hydrogens is 351 g/mol. The topological polar surface area (TPSA) is 66.4 Å². The summed E-state index contributed by atoms with van der Waals surface area (Å²) >= 11 is 1.34. The van der Waals surface area contributed by atoms with E-state index in [1.54, 1.807) is 17.5 Å². The van der Waals surface area contributed by atoms with Crippen molar-refractivity contribution in [2.45, 2.75) is 23.6 Å². The number of sulfonamides is 1. The van der Waals surface area contributed by atoms with E-state index >= 15 is 0 Å². The Hall–Kier alpha value is -1.42. The number of benzene rings is 1. The molecule has 0 aliphatic heterocycles.